The number of likely N-dealkylation sites (tertiary alicyclic amines) is 1. The predicted octanol–water partition coefficient (Wildman–Crippen LogP) is 1.77. The van der Waals surface area contributed by atoms with Gasteiger partial charge in [-0.1, -0.05) is 12.1 Å². The highest BCUT2D eigenvalue weighted by atomic mass is 16.4. The van der Waals surface area contributed by atoms with Crippen LogP contribution >= 0.6 is 0 Å². The van der Waals surface area contributed by atoms with Gasteiger partial charge in [0.2, 0.25) is 11.8 Å². The van der Waals surface area contributed by atoms with Gasteiger partial charge < -0.3 is 15.3 Å². The SMILES string of the molecule is CNC(=O)CC1CCN(C(=O)C=Cc2ccc(C(=O)O)cc2)CC1. The molecule has 0 spiro atoms. The van der Waals surface area contributed by atoms with Gasteiger partial charge in [-0.05, 0) is 42.5 Å². The molecule has 0 aromatic heterocycles. The molecule has 0 aliphatic carbocycles. The number of hydrogen-bond donors (Lipinski definition) is 2. The van der Waals surface area contributed by atoms with Crippen LogP contribution in [0.3, 0.4) is 0 Å². The number of amides is 2. The molecule has 2 rings (SSSR count). The number of piperidine rings is 1. The van der Waals surface area contributed by atoms with Crippen molar-refractivity contribution in [3.05, 3.63) is 41.5 Å². The van der Waals surface area contributed by atoms with Crippen molar-refractivity contribution < 1.29 is 19.5 Å². The first-order valence-corrected chi connectivity index (χ1v) is 8.00. The first kappa shape index (κ1) is 17.7. The Balaban J connectivity index is 1.84. The van der Waals surface area contributed by atoms with Gasteiger partial charge >= 0.3 is 5.97 Å². The first-order valence-electron chi connectivity index (χ1n) is 8.00. The third-order valence-electron chi connectivity index (χ3n) is 4.26. The van der Waals surface area contributed by atoms with E-state index < -0.39 is 5.97 Å². The van der Waals surface area contributed by atoms with Gasteiger partial charge in [0.1, 0.15) is 0 Å². The van der Waals surface area contributed by atoms with E-state index in [2.05, 4.69) is 5.32 Å². The molecule has 0 unspecified atom stereocenters. The number of hydrogen-bond acceptors (Lipinski definition) is 3. The van der Waals surface area contributed by atoms with E-state index in [0.29, 0.717) is 25.4 Å². The molecule has 128 valence electrons. The predicted molar refractivity (Wildman–Crippen MR) is 90.4 cm³/mol. The van der Waals surface area contributed by atoms with Crippen molar-refractivity contribution in [1.29, 1.82) is 0 Å². The standard InChI is InChI=1S/C18H22N2O4/c1-19-16(21)12-14-8-10-20(11-9-14)17(22)7-4-13-2-5-15(6-3-13)18(23)24/h2-7,14H,8-12H2,1H3,(H,19,21)(H,23,24). The van der Waals surface area contributed by atoms with Gasteiger partial charge in [0.25, 0.3) is 0 Å². The Bertz CT molecular complexity index is 629. The van der Waals surface area contributed by atoms with Crippen molar-refractivity contribution >= 4 is 23.9 Å². The summed E-state index contributed by atoms with van der Waals surface area (Å²) in [6, 6.07) is 6.36. The molecule has 1 fully saturated rings. The lowest BCUT2D eigenvalue weighted by Gasteiger charge is -2.31. The van der Waals surface area contributed by atoms with Crippen molar-refractivity contribution in [3.63, 3.8) is 0 Å². The van der Waals surface area contributed by atoms with Gasteiger partial charge in [-0.15, -0.1) is 0 Å². The lowest BCUT2D eigenvalue weighted by molar-refractivity contribution is -0.127. The Hall–Kier alpha value is -2.63. The maximum atomic E-state index is 12.2. The molecule has 1 aromatic carbocycles. The second kappa shape index (κ2) is 8.29. The van der Waals surface area contributed by atoms with Crippen LogP contribution in [0.15, 0.2) is 30.3 Å². The average molecular weight is 330 g/mol. The summed E-state index contributed by atoms with van der Waals surface area (Å²) in [7, 11) is 1.63. The molecule has 0 bridgehead atoms. The molecule has 1 aliphatic rings. The van der Waals surface area contributed by atoms with Gasteiger partial charge in [0.05, 0.1) is 5.56 Å². The molecule has 2 N–H and O–H groups in total. The Morgan fingerprint density at radius 3 is 2.38 bits per heavy atom. The molecule has 0 radical (unpaired) electrons. The van der Waals surface area contributed by atoms with Gasteiger partial charge in [-0.3, -0.25) is 9.59 Å². The molecule has 0 atom stereocenters. The zero-order valence-electron chi connectivity index (χ0n) is 13.7. The van der Waals surface area contributed by atoms with E-state index in [9.17, 15) is 14.4 Å². The van der Waals surface area contributed by atoms with Crippen LogP contribution in [0.1, 0.15) is 35.2 Å². The van der Waals surface area contributed by atoms with Crippen LogP contribution in [0.2, 0.25) is 0 Å². The molecule has 24 heavy (non-hydrogen) atoms. The number of rotatable bonds is 5. The number of carboxylic acid groups (broad SMARTS) is 1. The molecule has 6 heteroatoms. The van der Waals surface area contributed by atoms with E-state index >= 15 is 0 Å². The van der Waals surface area contributed by atoms with Crippen molar-refractivity contribution in [2.24, 2.45) is 5.92 Å². The summed E-state index contributed by atoms with van der Waals surface area (Å²) in [5, 5.41) is 11.5. The Kier molecular flexibility index (Phi) is 6.12. The molecule has 6 nitrogen and oxygen atoms in total. The first-order chi connectivity index (χ1) is 11.5. The van der Waals surface area contributed by atoms with Crippen LogP contribution < -0.4 is 5.32 Å². The van der Waals surface area contributed by atoms with Crippen LogP contribution in [0.25, 0.3) is 6.08 Å². The molecule has 2 amide bonds. The number of nitrogens with zero attached hydrogens (tertiary/aromatic N) is 1. The van der Waals surface area contributed by atoms with E-state index in [0.717, 1.165) is 18.4 Å². The molecule has 0 saturated carbocycles. The van der Waals surface area contributed by atoms with Crippen molar-refractivity contribution in [3.8, 4) is 0 Å². The zero-order chi connectivity index (χ0) is 17.5. The third-order valence-corrected chi connectivity index (χ3v) is 4.26. The molecular formula is C18H22N2O4. The van der Waals surface area contributed by atoms with Gasteiger partial charge in [0, 0.05) is 32.6 Å². The number of carbonyl (C=O) groups excluding carboxylic acids is 2. The Labute approximate surface area is 141 Å². The summed E-state index contributed by atoms with van der Waals surface area (Å²) >= 11 is 0. The second-order valence-corrected chi connectivity index (χ2v) is 5.91. The topological polar surface area (TPSA) is 86.7 Å². The third kappa shape index (κ3) is 4.94. The fourth-order valence-corrected chi connectivity index (χ4v) is 2.73. The lowest BCUT2D eigenvalue weighted by Crippen LogP contribution is -2.38. The number of benzene rings is 1. The van der Waals surface area contributed by atoms with Crippen LogP contribution in [-0.4, -0.2) is 47.9 Å². The number of aromatic carboxylic acids is 1. The molecule has 1 aliphatic heterocycles. The van der Waals surface area contributed by atoms with Crippen LogP contribution in [0.5, 0.6) is 0 Å². The molecule has 1 saturated heterocycles. The van der Waals surface area contributed by atoms with Crippen molar-refractivity contribution in [2.45, 2.75) is 19.3 Å². The van der Waals surface area contributed by atoms with Crippen LogP contribution in [-0.2, 0) is 9.59 Å². The smallest absolute Gasteiger partial charge is 0.335 e. The van der Waals surface area contributed by atoms with Crippen LogP contribution in [0.4, 0.5) is 0 Å². The van der Waals surface area contributed by atoms with E-state index in [1.165, 1.54) is 18.2 Å². The maximum Gasteiger partial charge on any atom is 0.335 e. The Morgan fingerprint density at radius 2 is 1.83 bits per heavy atom. The van der Waals surface area contributed by atoms with Gasteiger partial charge in [0.15, 0.2) is 0 Å². The normalized spacial score (nSPS) is 15.5. The number of carboxylic acids is 1. The number of nitrogens with one attached hydrogen (secondary N) is 1. The lowest BCUT2D eigenvalue weighted by atomic mass is 9.93. The highest BCUT2D eigenvalue weighted by Crippen LogP contribution is 2.20. The second-order valence-electron chi connectivity index (χ2n) is 5.91. The highest BCUT2D eigenvalue weighted by molar-refractivity contribution is 5.92. The minimum absolute atomic E-state index is 0.0458. The minimum atomic E-state index is -0.971. The average Bonchev–Trinajstić information content (AvgIpc) is 2.60. The summed E-state index contributed by atoms with van der Waals surface area (Å²) in [6.07, 6.45) is 5.38. The largest absolute Gasteiger partial charge is 0.478 e. The summed E-state index contributed by atoms with van der Waals surface area (Å²) in [6.45, 7) is 1.31. The quantitative estimate of drug-likeness (QED) is 0.806. The fraction of sp³-hybridized carbons (Fsp3) is 0.389. The Morgan fingerprint density at radius 1 is 1.21 bits per heavy atom. The van der Waals surface area contributed by atoms with Crippen molar-refractivity contribution in [2.75, 3.05) is 20.1 Å². The van der Waals surface area contributed by atoms with Gasteiger partial charge in [-0.25, -0.2) is 4.79 Å². The van der Waals surface area contributed by atoms with E-state index in [4.69, 9.17) is 5.11 Å². The summed E-state index contributed by atoms with van der Waals surface area (Å²) in [5.74, 6) is -0.650. The molecular weight excluding hydrogens is 308 g/mol. The maximum absolute atomic E-state index is 12.2. The van der Waals surface area contributed by atoms with Gasteiger partial charge in [-0.2, -0.15) is 0 Å². The molecule has 1 aromatic rings. The van der Waals surface area contributed by atoms with E-state index in [1.54, 1.807) is 30.2 Å². The number of carbonyl (C=O) groups is 3. The fourth-order valence-electron chi connectivity index (χ4n) is 2.73. The summed E-state index contributed by atoms with van der Waals surface area (Å²) in [5.41, 5.74) is 1.000. The summed E-state index contributed by atoms with van der Waals surface area (Å²) < 4.78 is 0. The van der Waals surface area contributed by atoms with Crippen LogP contribution in [0, 0.1) is 5.92 Å². The zero-order valence-corrected chi connectivity index (χ0v) is 13.7. The van der Waals surface area contributed by atoms with E-state index in [-0.39, 0.29) is 17.4 Å². The van der Waals surface area contributed by atoms with E-state index in [1.807, 2.05) is 0 Å². The van der Waals surface area contributed by atoms with Crippen molar-refractivity contribution in [1.82, 2.24) is 10.2 Å². The monoisotopic (exact) mass is 330 g/mol. The molecule has 1 heterocycles. The minimum Gasteiger partial charge on any atom is -0.478 e. The highest BCUT2D eigenvalue weighted by Gasteiger charge is 2.22. The summed E-state index contributed by atoms with van der Waals surface area (Å²) in [4.78, 5) is 36.2.